The fraction of sp³-hybridized carbons (Fsp3) is 0.0769. The third kappa shape index (κ3) is 2.49. The molecule has 0 radical (unpaired) electrons. The van der Waals surface area contributed by atoms with Gasteiger partial charge in [0.2, 0.25) is 0 Å². The van der Waals surface area contributed by atoms with Crippen LogP contribution >= 0.6 is 11.6 Å². The van der Waals surface area contributed by atoms with Crippen LogP contribution < -0.4 is 5.73 Å². The Morgan fingerprint density at radius 3 is 2.89 bits per heavy atom. The molecule has 18 heavy (non-hydrogen) atoms. The second-order valence-electron chi connectivity index (χ2n) is 3.77. The third-order valence-corrected chi connectivity index (χ3v) is 2.90. The molecule has 0 saturated heterocycles. The van der Waals surface area contributed by atoms with Crippen molar-refractivity contribution in [2.45, 2.75) is 6.42 Å². The normalized spacial score (nSPS) is 10.3. The smallest absolute Gasteiger partial charge is 0.169 e. The highest BCUT2D eigenvalue weighted by Gasteiger charge is 2.14. The molecule has 0 aliphatic rings. The molecule has 1 heterocycles. The van der Waals surface area contributed by atoms with Gasteiger partial charge in [-0.3, -0.25) is 9.78 Å². The summed E-state index contributed by atoms with van der Waals surface area (Å²) in [6.07, 6.45) is 3.07. The molecule has 0 fully saturated rings. The molecule has 0 atom stereocenters. The number of carbonyl (C=O) groups excluding carboxylic acids is 1. The van der Waals surface area contributed by atoms with Gasteiger partial charge < -0.3 is 5.73 Å². The zero-order valence-electron chi connectivity index (χ0n) is 9.36. The van der Waals surface area contributed by atoms with Crippen LogP contribution in [0.3, 0.4) is 0 Å². The van der Waals surface area contributed by atoms with Crippen LogP contribution in [-0.4, -0.2) is 10.8 Å². The van der Waals surface area contributed by atoms with Gasteiger partial charge >= 0.3 is 0 Å². The molecule has 2 rings (SSSR count). The monoisotopic (exact) mass is 264 g/mol. The lowest BCUT2D eigenvalue weighted by Crippen LogP contribution is -2.08. The highest BCUT2D eigenvalue weighted by atomic mass is 35.5. The molecule has 5 heteroatoms. The minimum Gasteiger partial charge on any atom is -0.396 e. The molecule has 0 spiro atoms. The van der Waals surface area contributed by atoms with E-state index >= 15 is 0 Å². The number of aromatic nitrogens is 1. The molecule has 0 saturated carbocycles. The lowest BCUT2D eigenvalue weighted by Gasteiger charge is -2.06. The Kier molecular flexibility index (Phi) is 3.58. The molecular weight excluding hydrogens is 255 g/mol. The van der Waals surface area contributed by atoms with Crippen molar-refractivity contribution < 1.29 is 9.18 Å². The van der Waals surface area contributed by atoms with Gasteiger partial charge in [0, 0.05) is 24.4 Å². The van der Waals surface area contributed by atoms with Crippen LogP contribution in [0.4, 0.5) is 10.1 Å². The summed E-state index contributed by atoms with van der Waals surface area (Å²) in [5.41, 5.74) is 6.21. The highest BCUT2D eigenvalue weighted by molar-refractivity contribution is 6.31. The number of hydrogen-bond donors (Lipinski definition) is 1. The first-order chi connectivity index (χ1) is 8.59. The minimum atomic E-state index is -0.596. The fourth-order valence-electron chi connectivity index (χ4n) is 1.60. The van der Waals surface area contributed by atoms with E-state index < -0.39 is 5.82 Å². The van der Waals surface area contributed by atoms with Gasteiger partial charge in [-0.1, -0.05) is 17.7 Å². The largest absolute Gasteiger partial charge is 0.396 e. The number of ketones is 1. The number of anilines is 1. The summed E-state index contributed by atoms with van der Waals surface area (Å²) >= 11 is 5.91. The zero-order valence-corrected chi connectivity index (χ0v) is 10.1. The quantitative estimate of drug-likeness (QED) is 0.685. The summed E-state index contributed by atoms with van der Waals surface area (Å²) in [5.74, 6) is -0.873. The van der Waals surface area contributed by atoms with Crippen LogP contribution in [0.5, 0.6) is 0 Å². The van der Waals surface area contributed by atoms with Crippen LogP contribution in [0.1, 0.15) is 15.9 Å². The van der Waals surface area contributed by atoms with Crippen molar-refractivity contribution in [1.82, 2.24) is 4.98 Å². The molecule has 1 aromatic carbocycles. The molecule has 0 unspecified atom stereocenters. The standard InChI is InChI=1S/C13H10ClFN2O/c14-10-7-17-5-4-8(10)6-12(18)9-2-1-3-11(15)13(9)16/h1-5,7H,6,16H2. The predicted molar refractivity (Wildman–Crippen MR) is 68.1 cm³/mol. The van der Waals surface area contributed by atoms with Crippen molar-refractivity contribution in [2.75, 3.05) is 5.73 Å². The molecule has 0 aliphatic heterocycles. The van der Waals surface area contributed by atoms with Crippen LogP contribution in [0.15, 0.2) is 36.7 Å². The van der Waals surface area contributed by atoms with E-state index in [-0.39, 0.29) is 23.5 Å². The van der Waals surface area contributed by atoms with Crippen molar-refractivity contribution in [1.29, 1.82) is 0 Å². The Bertz CT molecular complexity index is 601. The molecule has 2 N–H and O–H groups in total. The van der Waals surface area contributed by atoms with Gasteiger partial charge in [0.15, 0.2) is 5.78 Å². The molecule has 92 valence electrons. The number of carbonyl (C=O) groups is 1. The van der Waals surface area contributed by atoms with E-state index in [0.29, 0.717) is 10.6 Å². The number of para-hydroxylation sites is 1. The van der Waals surface area contributed by atoms with Gasteiger partial charge in [-0.2, -0.15) is 0 Å². The number of Topliss-reactive ketones (excluding diaryl/α,β-unsaturated/α-hetero) is 1. The number of halogens is 2. The van der Waals surface area contributed by atoms with E-state index in [1.807, 2.05) is 0 Å². The summed E-state index contributed by atoms with van der Waals surface area (Å²) in [6.45, 7) is 0. The SMILES string of the molecule is Nc1c(F)cccc1C(=O)Cc1ccncc1Cl. The Hall–Kier alpha value is -1.94. The highest BCUT2D eigenvalue weighted by Crippen LogP contribution is 2.20. The summed E-state index contributed by atoms with van der Waals surface area (Å²) < 4.78 is 13.2. The van der Waals surface area contributed by atoms with Gasteiger partial charge in [0.05, 0.1) is 10.7 Å². The van der Waals surface area contributed by atoms with E-state index in [2.05, 4.69) is 4.98 Å². The number of pyridine rings is 1. The number of nitrogens with zero attached hydrogens (tertiary/aromatic N) is 1. The van der Waals surface area contributed by atoms with Gasteiger partial charge in [0.1, 0.15) is 5.82 Å². The summed E-state index contributed by atoms with van der Waals surface area (Å²) in [5, 5.41) is 0.404. The predicted octanol–water partition coefficient (Wildman–Crippen LogP) is 2.88. The van der Waals surface area contributed by atoms with E-state index in [1.54, 1.807) is 12.3 Å². The number of benzene rings is 1. The van der Waals surface area contributed by atoms with E-state index in [4.69, 9.17) is 17.3 Å². The van der Waals surface area contributed by atoms with Gasteiger partial charge in [0.25, 0.3) is 0 Å². The summed E-state index contributed by atoms with van der Waals surface area (Å²) in [7, 11) is 0. The van der Waals surface area contributed by atoms with Crippen molar-refractivity contribution in [3.05, 3.63) is 58.6 Å². The Balaban J connectivity index is 2.28. The maximum Gasteiger partial charge on any atom is 0.169 e. The average Bonchev–Trinajstić information content (AvgIpc) is 2.35. The lowest BCUT2D eigenvalue weighted by atomic mass is 10.0. The molecule has 0 bridgehead atoms. The van der Waals surface area contributed by atoms with Crippen LogP contribution in [0.25, 0.3) is 0 Å². The first-order valence-electron chi connectivity index (χ1n) is 5.25. The number of nitrogen functional groups attached to an aromatic ring is 1. The van der Waals surface area contributed by atoms with E-state index in [9.17, 15) is 9.18 Å². The molecule has 3 nitrogen and oxygen atoms in total. The van der Waals surface area contributed by atoms with E-state index in [0.717, 1.165) is 0 Å². The van der Waals surface area contributed by atoms with Gasteiger partial charge in [-0.15, -0.1) is 0 Å². The topological polar surface area (TPSA) is 56.0 Å². The lowest BCUT2D eigenvalue weighted by molar-refractivity contribution is 0.0993. The number of nitrogens with two attached hydrogens (primary N) is 1. The second kappa shape index (κ2) is 5.14. The van der Waals surface area contributed by atoms with Crippen molar-refractivity contribution in [2.24, 2.45) is 0 Å². The average molecular weight is 265 g/mol. The molecule has 0 amide bonds. The van der Waals surface area contributed by atoms with Crippen LogP contribution in [0.2, 0.25) is 5.02 Å². The zero-order chi connectivity index (χ0) is 13.1. The van der Waals surface area contributed by atoms with Gasteiger partial charge in [-0.25, -0.2) is 4.39 Å². The van der Waals surface area contributed by atoms with Crippen molar-refractivity contribution in [3.8, 4) is 0 Å². The number of hydrogen-bond acceptors (Lipinski definition) is 3. The van der Waals surface area contributed by atoms with Crippen LogP contribution in [0, 0.1) is 5.82 Å². The summed E-state index contributed by atoms with van der Waals surface area (Å²) in [6, 6.07) is 5.81. The maximum atomic E-state index is 13.2. The van der Waals surface area contributed by atoms with E-state index in [1.165, 1.54) is 24.4 Å². The van der Waals surface area contributed by atoms with Gasteiger partial charge in [-0.05, 0) is 23.8 Å². The first kappa shape index (κ1) is 12.5. The molecule has 1 aromatic heterocycles. The second-order valence-corrected chi connectivity index (χ2v) is 4.18. The Labute approximate surface area is 108 Å². The number of rotatable bonds is 3. The first-order valence-corrected chi connectivity index (χ1v) is 5.63. The summed E-state index contributed by atoms with van der Waals surface area (Å²) in [4.78, 5) is 15.8. The maximum absolute atomic E-state index is 13.2. The van der Waals surface area contributed by atoms with Crippen molar-refractivity contribution >= 4 is 23.1 Å². The minimum absolute atomic E-state index is 0.0645. The fourth-order valence-corrected chi connectivity index (χ4v) is 1.78. The van der Waals surface area contributed by atoms with Crippen LogP contribution in [-0.2, 0) is 6.42 Å². The third-order valence-electron chi connectivity index (χ3n) is 2.56. The molecule has 2 aromatic rings. The Morgan fingerprint density at radius 2 is 2.17 bits per heavy atom. The van der Waals surface area contributed by atoms with Crippen molar-refractivity contribution in [3.63, 3.8) is 0 Å². The Morgan fingerprint density at radius 1 is 1.39 bits per heavy atom. The molecule has 0 aliphatic carbocycles. The molecular formula is C13H10ClFN2O.